The predicted molar refractivity (Wildman–Crippen MR) is 112 cm³/mol. The van der Waals surface area contributed by atoms with Crippen molar-refractivity contribution in [3.8, 4) is 11.5 Å². The molecular formula is C18H18N4O5S2. The first-order valence-electron chi connectivity index (χ1n) is 8.81. The van der Waals surface area contributed by atoms with Gasteiger partial charge in [0, 0.05) is 32.2 Å². The average Bonchev–Trinajstić information content (AvgIpc) is 3.40. The molecule has 1 saturated heterocycles. The number of ether oxygens (including phenoxy) is 2. The molecular weight excluding hydrogens is 416 g/mol. The fourth-order valence-electron chi connectivity index (χ4n) is 3.21. The van der Waals surface area contributed by atoms with Gasteiger partial charge in [-0.15, -0.1) is 0 Å². The summed E-state index contributed by atoms with van der Waals surface area (Å²) in [4.78, 5) is 32.0. The zero-order chi connectivity index (χ0) is 20.5. The van der Waals surface area contributed by atoms with Gasteiger partial charge in [-0.1, -0.05) is 22.7 Å². The van der Waals surface area contributed by atoms with Gasteiger partial charge in [0.15, 0.2) is 5.13 Å². The van der Waals surface area contributed by atoms with E-state index in [0.29, 0.717) is 36.8 Å². The Morgan fingerprint density at radius 1 is 1.07 bits per heavy atom. The smallest absolute Gasteiger partial charge is 0.324 e. The summed E-state index contributed by atoms with van der Waals surface area (Å²) in [5.74, 6) is 1.27. The summed E-state index contributed by atoms with van der Waals surface area (Å²) in [6.07, 6.45) is 0. The van der Waals surface area contributed by atoms with Gasteiger partial charge in [0.1, 0.15) is 21.7 Å². The number of piperazine rings is 1. The Hall–Kier alpha value is -2.92. The van der Waals surface area contributed by atoms with Gasteiger partial charge in [0.25, 0.3) is 5.91 Å². The first-order chi connectivity index (χ1) is 14.0. The maximum Gasteiger partial charge on any atom is 0.324 e. The van der Waals surface area contributed by atoms with Gasteiger partial charge < -0.3 is 19.3 Å². The third kappa shape index (κ3) is 3.58. The number of rotatable bonds is 5. The number of nitro groups is 1. The number of aromatic nitrogens is 1. The number of amides is 1. The summed E-state index contributed by atoms with van der Waals surface area (Å²) in [5.41, 5.74) is 0.760. The van der Waals surface area contributed by atoms with Crippen molar-refractivity contribution >= 4 is 48.9 Å². The topological polar surface area (TPSA) is 98.0 Å². The van der Waals surface area contributed by atoms with Crippen molar-refractivity contribution < 1.29 is 19.2 Å². The number of hydrogen-bond acceptors (Lipinski definition) is 9. The minimum Gasteiger partial charge on any atom is -0.495 e. The summed E-state index contributed by atoms with van der Waals surface area (Å²) in [6.45, 7) is 2.30. The van der Waals surface area contributed by atoms with Gasteiger partial charge >= 0.3 is 5.00 Å². The molecule has 2 aromatic heterocycles. The van der Waals surface area contributed by atoms with E-state index in [1.807, 2.05) is 12.1 Å². The third-order valence-electron chi connectivity index (χ3n) is 4.72. The number of carbonyl (C=O) groups is 1. The number of hydrogen-bond donors (Lipinski definition) is 0. The Morgan fingerprint density at radius 2 is 1.76 bits per heavy atom. The SMILES string of the molecule is COc1ccc(OC)c2sc(N3CCN(C(=O)c4ccc([N+](=O)[O-])s4)CC3)nc12. The average molecular weight is 434 g/mol. The number of nitrogens with zero attached hydrogens (tertiary/aromatic N) is 4. The van der Waals surface area contributed by atoms with Gasteiger partial charge in [-0.3, -0.25) is 14.9 Å². The van der Waals surface area contributed by atoms with Crippen molar-refractivity contribution in [1.29, 1.82) is 0 Å². The van der Waals surface area contributed by atoms with Gasteiger partial charge in [0.05, 0.1) is 24.0 Å². The molecule has 3 aromatic rings. The standard InChI is InChI=1S/C18H18N4O5S2/c1-26-11-3-4-12(27-2)16-15(11)19-18(29-16)21-9-7-20(8-10-21)17(23)13-5-6-14(28-13)22(24)25/h3-6H,7-10H2,1-2H3. The molecule has 0 N–H and O–H groups in total. The third-order valence-corrected chi connectivity index (χ3v) is 6.87. The van der Waals surface area contributed by atoms with Crippen molar-refractivity contribution in [3.05, 3.63) is 39.3 Å². The molecule has 3 heterocycles. The Kier molecular flexibility index (Phi) is 5.24. The second-order valence-corrected chi connectivity index (χ2v) is 8.36. The van der Waals surface area contributed by atoms with Crippen molar-refractivity contribution in [3.63, 3.8) is 0 Å². The molecule has 1 fully saturated rings. The second kappa shape index (κ2) is 7.84. The van der Waals surface area contributed by atoms with Crippen LogP contribution >= 0.6 is 22.7 Å². The van der Waals surface area contributed by atoms with Crippen LogP contribution in [-0.4, -0.2) is 61.1 Å². The molecule has 1 aromatic carbocycles. The molecule has 1 amide bonds. The molecule has 0 unspecified atom stereocenters. The number of carbonyl (C=O) groups excluding carboxylic acids is 1. The van der Waals surface area contributed by atoms with Crippen LogP contribution in [0.3, 0.4) is 0 Å². The van der Waals surface area contributed by atoms with Gasteiger partial charge in [-0.25, -0.2) is 4.98 Å². The van der Waals surface area contributed by atoms with Crippen LogP contribution in [-0.2, 0) is 0 Å². The van der Waals surface area contributed by atoms with Crippen molar-refractivity contribution in [2.24, 2.45) is 0 Å². The molecule has 11 heteroatoms. The summed E-state index contributed by atoms with van der Waals surface area (Å²) in [5, 5.41) is 11.7. The van der Waals surface area contributed by atoms with E-state index < -0.39 is 4.92 Å². The molecule has 0 spiro atoms. The van der Waals surface area contributed by atoms with Crippen molar-refractivity contribution in [2.75, 3.05) is 45.3 Å². The Balaban J connectivity index is 1.49. The summed E-state index contributed by atoms with van der Waals surface area (Å²) < 4.78 is 11.8. The number of methoxy groups -OCH3 is 2. The highest BCUT2D eigenvalue weighted by atomic mass is 32.1. The number of benzene rings is 1. The molecule has 0 radical (unpaired) electrons. The van der Waals surface area contributed by atoms with Crippen LogP contribution in [0, 0.1) is 10.1 Å². The minimum absolute atomic E-state index is 0.0237. The van der Waals surface area contributed by atoms with Crippen LogP contribution < -0.4 is 14.4 Å². The summed E-state index contributed by atoms with van der Waals surface area (Å²) >= 11 is 2.44. The lowest BCUT2D eigenvalue weighted by atomic mass is 10.3. The highest BCUT2D eigenvalue weighted by Crippen LogP contribution is 2.40. The predicted octanol–water partition coefficient (Wildman–Crippen LogP) is 3.25. The quantitative estimate of drug-likeness (QED) is 0.449. The Bertz CT molecular complexity index is 1030. The highest BCUT2D eigenvalue weighted by Gasteiger charge is 2.26. The van der Waals surface area contributed by atoms with Gasteiger partial charge in [-0.2, -0.15) is 0 Å². The number of fused-ring (bicyclic) bond motifs is 1. The molecule has 1 aliphatic heterocycles. The minimum atomic E-state index is -0.477. The lowest BCUT2D eigenvalue weighted by Crippen LogP contribution is -2.48. The molecule has 0 aliphatic carbocycles. The maximum absolute atomic E-state index is 12.6. The van der Waals surface area contributed by atoms with Crippen LogP contribution in [0.5, 0.6) is 11.5 Å². The Morgan fingerprint density at radius 3 is 2.38 bits per heavy atom. The molecule has 1 aliphatic rings. The zero-order valence-corrected chi connectivity index (χ0v) is 17.4. The van der Waals surface area contributed by atoms with E-state index in [-0.39, 0.29) is 10.9 Å². The van der Waals surface area contributed by atoms with Crippen LogP contribution in [0.25, 0.3) is 10.2 Å². The fraction of sp³-hybridized carbons (Fsp3) is 0.333. The molecule has 0 atom stereocenters. The van der Waals surface area contributed by atoms with E-state index in [1.54, 1.807) is 19.1 Å². The van der Waals surface area contributed by atoms with Gasteiger partial charge in [-0.05, 0) is 18.2 Å². The monoisotopic (exact) mass is 434 g/mol. The number of thiophene rings is 1. The maximum atomic E-state index is 12.6. The van der Waals surface area contributed by atoms with E-state index in [1.165, 1.54) is 23.5 Å². The summed E-state index contributed by atoms with van der Waals surface area (Å²) in [6, 6.07) is 6.58. The lowest BCUT2D eigenvalue weighted by Gasteiger charge is -2.34. The first kappa shape index (κ1) is 19.4. The van der Waals surface area contributed by atoms with Crippen LogP contribution in [0.2, 0.25) is 0 Å². The largest absolute Gasteiger partial charge is 0.495 e. The second-order valence-electron chi connectivity index (χ2n) is 6.32. The van der Waals surface area contributed by atoms with E-state index >= 15 is 0 Å². The molecule has 29 heavy (non-hydrogen) atoms. The molecule has 152 valence electrons. The molecule has 0 bridgehead atoms. The molecule has 9 nitrogen and oxygen atoms in total. The zero-order valence-electron chi connectivity index (χ0n) is 15.8. The van der Waals surface area contributed by atoms with Crippen LogP contribution in [0.1, 0.15) is 9.67 Å². The van der Waals surface area contributed by atoms with E-state index in [2.05, 4.69) is 4.90 Å². The molecule has 4 rings (SSSR count). The van der Waals surface area contributed by atoms with Crippen molar-refractivity contribution in [2.45, 2.75) is 0 Å². The first-order valence-corrected chi connectivity index (χ1v) is 10.4. The van der Waals surface area contributed by atoms with Gasteiger partial charge in [0.2, 0.25) is 0 Å². The Labute approximate surface area is 174 Å². The van der Waals surface area contributed by atoms with Crippen LogP contribution in [0.15, 0.2) is 24.3 Å². The van der Waals surface area contributed by atoms with Crippen LogP contribution in [0.4, 0.5) is 10.1 Å². The highest BCUT2D eigenvalue weighted by molar-refractivity contribution is 7.22. The fourth-order valence-corrected chi connectivity index (χ4v) is 5.12. The normalized spacial score (nSPS) is 14.3. The van der Waals surface area contributed by atoms with E-state index in [0.717, 1.165) is 32.4 Å². The summed E-state index contributed by atoms with van der Waals surface area (Å²) in [7, 11) is 3.24. The molecule has 0 saturated carbocycles. The van der Waals surface area contributed by atoms with E-state index in [9.17, 15) is 14.9 Å². The van der Waals surface area contributed by atoms with Crippen molar-refractivity contribution in [1.82, 2.24) is 9.88 Å². The number of anilines is 1. The number of thiazole rings is 1. The van der Waals surface area contributed by atoms with E-state index in [4.69, 9.17) is 14.5 Å². The lowest BCUT2D eigenvalue weighted by molar-refractivity contribution is -0.380.